The van der Waals surface area contributed by atoms with Crippen LogP contribution in [0.3, 0.4) is 0 Å². The number of aryl methyl sites for hydroxylation is 1. The van der Waals surface area contributed by atoms with Crippen molar-refractivity contribution in [2.45, 2.75) is 0 Å². The van der Waals surface area contributed by atoms with Crippen LogP contribution >= 0.6 is 0 Å². The standard InChI is InChI=1S/C15H11N5O2/c1-19-5-2-3-9-10(7-16-13(9)19)12-4-6-20-14(18-12)11(8-17-20)15(21)22/h2-8H,1H3,(H,21,22). The van der Waals surface area contributed by atoms with Gasteiger partial charge in [0.15, 0.2) is 5.65 Å². The summed E-state index contributed by atoms with van der Waals surface area (Å²) in [4.78, 5) is 20.1. The Morgan fingerprint density at radius 1 is 1.18 bits per heavy atom. The summed E-state index contributed by atoms with van der Waals surface area (Å²) in [6.07, 6.45) is 6.68. The Morgan fingerprint density at radius 2 is 2.05 bits per heavy atom. The molecule has 0 atom stereocenters. The molecule has 2 aromatic heterocycles. The van der Waals surface area contributed by atoms with Crippen LogP contribution in [0.25, 0.3) is 28.3 Å². The van der Waals surface area contributed by atoms with Crippen LogP contribution in [0.5, 0.6) is 0 Å². The lowest BCUT2D eigenvalue weighted by molar-refractivity contribution is 0.0699. The minimum atomic E-state index is -1.04. The largest absolute Gasteiger partial charge is 0.477 e. The third-order valence-corrected chi connectivity index (χ3v) is 3.63. The zero-order chi connectivity index (χ0) is 15.3. The fourth-order valence-electron chi connectivity index (χ4n) is 2.54. The number of aromatic carboxylic acids is 1. The van der Waals surface area contributed by atoms with Gasteiger partial charge in [0, 0.05) is 36.8 Å². The molecule has 4 heterocycles. The van der Waals surface area contributed by atoms with Crippen molar-refractivity contribution < 1.29 is 9.90 Å². The van der Waals surface area contributed by atoms with Crippen molar-refractivity contribution in [2.75, 3.05) is 0 Å². The Morgan fingerprint density at radius 3 is 2.86 bits per heavy atom. The number of fused-ring (bicyclic) bond motifs is 2. The number of hydrogen-bond acceptors (Lipinski definition) is 4. The second-order valence-electron chi connectivity index (χ2n) is 4.97. The van der Waals surface area contributed by atoms with Crippen molar-refractivity contribution in [3.63, 3.8) is 0 Å². The number of nitrogens with zero attached hydrogens (tertiary/aromatic N) is 5. The SMILES string of the molecule is Cn1cccc2c(-c3ccn4ncc(C(=O)O)c4n3)cnc1-2. The molecule has 0 radical (unpaired) electrons. The van der Waals surface area contributed by atoms with Gasteiger partial charge in [0.1, 0.15) is 11.4 Å². The fourth-order valence-corrected chi connectivity index (χ4v) is 2.54. The summed E-state index contributed by atoms with van der Waals surface area (Å²) in [6.45, 7) is 0. The molecule has 0 amide bonds. The molecular formula is C15H11N5O2. The van der Waals surface area contributed by atoms with Gasteiger partial charge in [-0.15, -0.1) is 0 Å². The third kappa shape index (κ3) is 1.69. The van der Waals surface area contributed by atoms with Gasteiger partial charge in [0.2, 0.25) is 0 Å². The maximum absolute atomic E-state index is 11.2. The Balaban J connectivity index is 1.94. The first-order chi connectivity index (χ1) is 10.6. The summed E-state index contributed by atoms with van der Waals surface area (Å²) in [5, 5.41) is 13.2. The van der Waals surface area contributed by atoms with Crippen LogP contribution in [-0.2, 0) is 7.05 Å². The van der Waals surface area contributed by atoms with E-state index in [4.69, 9.17) is 0 Å². The Hall–Kier alpha value is -3.22. The summed E-state index contributed by atoms with van der Waals surface area (Å²) in [5.41, 5.74) is 2.91. The second kappa shape index (κ2) is 4.39. The number of hydrogen-bond donors (Lipinski definition) is 1. The molecule has 0 spiro atoms. The summed E-state index contributed by atoms with van der Waals surface area (Å²) in [5.74, 6) is -0.192. The van der Waals surface area contributed by atoms with E-state index in [0.717, 1.165) is 17.0 Å². The number of aromatic nitrogens is 5. The predicted octanol–water partition coefficient (Wildman–Crippen LogP) is 1.93. The number of carboxylic acids is 1. The van der Waals surface area contributed by atoms with Crippen LogP contribution < -0.4 is 0 Å². The van der Waals surface area contributed by atoms with Gasteiger partial charge in [0.25, 0.3) is 0 Å². The number of carboxylic acid groups (broad SMARTS) is 1. The molecule has 2 aliphatic rings. The van der Waals surface area contributed by atoms with Crippen LogP contribution in [-0.4, -0.2) is 35.2 Å². The maximum atomic E-state index is 11.2. The first-order valence-corrected chi connectivity index (χ1v) is 6.63. The number of carbonyl (C=O) groups is 1. The van der Waals surface area contributed by atoms with Gasteiger partial charge in [-0.05, 0) is 18.2 Å². The van der Waals surface area contributed by atoms with Gasteiger partial charge in [0.05, 0.1) is 11.9 Å². The normalized spacial score (nSPS) is 11.3. The molecule has 22 heavy (non-hydrogen) atoms. The zero-order valence-electron chi connectivity index (χ0n) is 11.6. The van der Waals surface area contributed by atoms with Gasteiger partial charge < -0.3 is 9.67 Å². The highest BCUT2D eigenvalue weighted by Gasteiger charge is 2.18. The van der Waals surface area contributed by atoms with Crippen LogP contribution in [0.4, 0.5) is 0 Å². The molecule has 1 N–H and O–H groups in total. The average molecular weight is 293 g/mol. The molecule has 7 heteroatoms. The van der Waals surface area contributed by atoms with Crippen LogP contribution in [0.15, 0.2) is 43.0 Å². The van der Waals surface area contributed by atoms with Crippen molar-refractivity contribution in [2.24, 2.45) is 7.05 Å². The Bertz CT molecular complexity index is 985. The Labute approximate surface area is 124 Å². The molecule has 0 saturated heterocycles. The van der Waals surface area contributed by atoms with E-state index in [1.165, 1.54) is 10.7 Å². The molecule has 0 fully saturated rings. The summed E-state index contributed by atoms with van der Waals surface area (Å²) >= 11 is 0. The lowest BCUT2D eigenvalue weighted by Gasteiger charge is -2.07. The molecule has 0 bridgehead atoms. The number of rotatable bonds is 2. The molecule has 7 nitrogen and oxygen atoms in total. The topological polar surface area (TPSA) is 85.3 Å². The molecule has 4 rings (SSSR count). The molecule has 108 valence electrons. The van der Waals surface area contributed by atoms with Crippen LogP contribution in [0.2, 0.25) is 0 Å². The maximum Gasteiger partial charge on any atom is 0.341 e. The highest BCUT2D eigenvalue weighted by atomic mass is 16.4. The zero-order valence-corrected chi connectivity index (χ0v) is 11.6. The van der Waals surface area contributed by atoms with Crippen LogP contribution in [0.1, 0.15) is 10.4 Å². The van der Waals surface area contributed by atoms with E-state index < -0.39 is 5.97 Å². The molecule has 2 aliphatic heterocycles. The van der Waals surface area contributed by atoms with E-state index >= 15 is 0 Å². The van der Waals surface area contributed by atoms with Gasteiger partial charge in [-0.25, -0.2) is 19.3 Å². The molecular weight excluding hydrogens is 282 g/mol. The predicted molar refractivity (Wildman–Crippen MR) is 78.8 cm³/mol. The smallest absolute Gasteiger partial charge is 0.341 e. The lowest BCUT2D eigenvalue weighted by Crippen LogP contribution is -1.99. The highest BCUT2D eigenvalue weighted by Crippen LogP contribution is 2.32. The van der Waals surface area contributed by atoms with Gasteiger partial charge in [-0.2, -0.15) is 5.10 Å². The molecule has 0 saturated carbocycles. The monoisotopic (exact) mass is 293 g/mol. The second-order valence-corrected chi connectivity index (χ2v) is 4.97. The van der Waals surface area contributed by atoms with Crippen molar-refractivity contribution in [1.29, 1.82) is 0 Å². The van der Waals surface area contributed by atoms with Gasteiger partial charge >= 0.3 is 5.97 Å². The van der Waals surface area contributed by atoms with Crippen molar-refractivity contribution in [1.82, 2.24) is 24.1 Å². The first-order valence-electron chi connectivity index (χ1n) is 6.63. The first kappa shape index (κ1) is 12.5. The minimum absolute atomic E-state index is 0.0798. The summed E-state index contributed by atoms with van der Waals surface area (Å²) < 4.78 is 3.38. The van der Waals surface area contributed by atoms with Crippen molar-refractivity contribution >= 4 is 11.6 Å². The molecule has 0 unspecified atom stereocenters. The van der Waals surface area contributed by atoms with Gasteiger partial charge in [-0.3, -0.25) is 0 Å². The van der Waals surface area contributed by atoms with E-state index in [1.807, 2.05) is 29.9 Å². The van der Waals surface area contributed by atoms with E-state index in [9.17, 15) is 9.90 Å². The van der Waals surface area contributed by atoms with E-state index in [-0.39, 0.29) is 5.56 Å². The average Bonchev–Trinajstić information content (AvgIpc) is 3.11. The molecule has 0 aromatic carbocycles. The van der Waals surface area contributed by atoms with E-state index in [1.54, 1.807) is 18.5 Å². The quantitative estimate of drug-likeness (QED) is 0.610. The van der Waals surface area contributed by atoms with Gasteiger partial charge in [-0.1, -0.05) is 0 Å². The summed E-state index contributed by atoms with van der Waals surface area (Å²) in [6, 6.07) is 5.71. The Kier molecular flexibility index (Phi) is 2.50. The molecule has 2 aromatic rings. The van der Waals surface area contributed by atoms with Crippen molar-refractivity contribution in [3.05, 3.63) is 48.5 Å². The minimum Gasteiger partial charge on any atom is -0.477 e. The van der Waals surface area contributed by atoms with E-state index in [2.05, 4.69) is 15.1 Å². The number of pyridine rings is 1. The lowest BCUT2D eigenvalue weighted by atomic mass is 10.1. The van der Waals surface area contributed by atoms with Crippen molar-refractivity contribution in [3.8, 4) is 22.6 Å². The molecule has 0 aliphatic carbocycles. The van der Waals surface area contributed by atoms with E-state index in [0.29, 0.717) is 11.3 Å². The highest BCUT2D eigenvalue weighted by molar-refractivity contribution is 5.94. The third-order valence-electron chi connectivity index (χ3n) is 3.63. The summed E-state index contributed by atoms with van der Waals surface area (Å²) in [7, 11) is 1.93. The van der Waals surface area contributed by atoms with Crippen LogP contribution in [0, 0.1) is 0 Å². The fraction of sp³-hybridized carbons (Fsp3) is 0.0667.